The predicted octanol–water partition coefficient (Wildman–Crippen LogP) is 3.60. The summed E-state index contributed by atoms with van der Waals surface area (Å²) >= 11 is 0. The van der Waals surface area contributed by atoms with Gasteiger partial charge in [0.2, 0.25) is 0 Å². The third-order valence-electron chi connectivity index (χ3n) is 2.98. The molecule has 0 radical (unpaired) electrons. The Bertz CT molecular complexity index is 469. The molecule has 2 nitrogen and oxygen atoms in total. The molecule has 0 amide bonds. The van der Waals surface area contributed by atoms with E-state index in [1.54, 1.807) is 26.0 Å². The minimum absolute atomic E-state index is 0.603. The maximum atomic E-state index is 13.0. The molecule has 0 aliphatic carbocycles. The number of esters is 1. The summed E-state index contributed by atoms with van der Waals surface area (Å²) in [6.07, 6.45) is -2.01. The van der Waals surface area contributed by atoms with Gasteiger partial charge < -0.3 is 4.74 Å². The van der Waals surface area contributed by atoms with E-state index >= 15 is 0 Å². The van der Waals surface area contributed by atoms with Gasteiger partial charge in [-0.05, 0) is 12.5 Å². The fourth-order valence-electron chi connectivity index (χ4n) is 1.79. The summed E-state index contributed by atoms with van der Waals surface area (Å²) < 4.78 is 30.4. The van der Waals surface area contributed by atoms with E-state index in [4.69, 9.17) is 0 Å². The van der Waals surface area contributed by atoms with Gasteiger partial charge in [0.1, 0.15) is 5.57 Å². The van der Waals surface area contributed by atoms with E-state index in [-0.39, 0.29) is 0 Å². The third kappa shape index (κ3) is 2.75. The predicted molar refractivity (Wildman–Crippen MR) is 65.5 cm³/mol. The molecular formula is C14H16F2O2. The van der Waals surface area contributed by atoms with E-state index in [1.165, 1.54) is 0 Å². The second kappa shape index (κ2) is 5.29. The van der Waals surface area contributed by atoms with Gasteiger partial charge in [-0.15, -0.1) is 0 Å². The van der Waals surface area contributed by atoms with Crippen LogP contribution in [-0.2, 0) is 14.9 Å². The number of ether oxygens (including phenoxy) is 1. The lowest BCUT2D eigenvalue weighted by Gasteiger charge is -2.26. The first-order valence-electron chi connectivity index (χ1n) is 5.52. The van der Waals surface area contributed by atoms with Crippen molar-refractivity contribution in [2.24, 2.45) is 0 Å². The fourth-order valence-corrected chi connectivity index (χ4v) is 1.79. The van der Waals surface area contributed by atoms with Crippen LogP contribution in [-0.4, -0.2) is 13.1 Å². The van der Waals surface area contributed by atoms with Crippen LogP contribution in [0.5, 0.6) is 0 Å². The molecule has 0 saturated carbocycles. The number of hydrogen-bond donors (Lipinski definition) is 0. The number of aryl methyl sites for hydroxylation is 1. The van der Waals surface area contributed by atoms with Crippen molar-refractivity contribution in [2.75, 3.05) is 7.11 Å². The molecule has 0 saturated heterocycles. The number of methoxy groups -OCH3 is 1. The first kappa shape index (κ1) is 14.4. The first-order chi connectivity index (χ1) is 8.30. The minimum atomic E-state index is -2.01. The summed E-state index contributed by atoms with van der Waals surface area (Å²) in [5.41, 5.74) is -0.0337. The highest BCUT2D eigenvalue weighted by molar-refractivity contribution is 5.91. The summed E-state index contributed by atoms with van der Waals surface area (Å²) in [5, 5.41) is 0. The molecule has 0 atom stereocenters. The normalized spacial score (nSPS) is 11.0. The molecule has 1 aromatic rings. The molecule has 0 spiro atoms. The minimum Gasteiger partial charge on any atom is -0.465 e. The van der Waals surface area contributed by atoms with Crippen molar-refractivity contribution in [1.29, 1.82) is 0 Å². The van der Waals surface area contributed by atoms with Crippen molar-refractivity contribution in [2.45, 2.75) is 26.2 Å². The van der Waals surface area contributed by atoms with Crippen molar-refractivity contribution < 1.29 is 18.3 Å². The zero-order chi connectivity index (χ0) is 13.9. The van der Waals surface area contributed by atoms with Gasteiger partial charge in [0.05, 0.1) is 7.11 Å². The summed E-state index contributed by atoms with van der Waals surface area (Å²) in [7, 11) is 1.09. The van der Waals surface area contributed by atoms with E-state index in [9.17, 15) is 13.6 Å². The van der Waals surface area contributed by atoms with Gasteiger partial charge in [-0.3, -0.25) is 0 Å². The van der Waals surface area contributed by atoms with E-state index < -0.39 is 23.0 Å². The summed E-state index contributed by atoms with van der Waals surface area (Å²) in [6, 6.07) is 7.12. The number of hydrogen-bond acceptors (Lipinski definition) is 2. The van der Waals surface area contributed by atoms with Crippen LogP contribution in [0.2, 0.25) is 0 Å². The Balaban J connectivity index is 3.30. The van der Waals surface area contributed by atoms with Gasteiger partial charge in [-0.25, -0.2) is 4.79 Å². The number of carbonyl (C=O) groups excluding carboxylic acids is 1. The quantitative estimate of drug-likeness (QED) is 0.608. The third-order valence-corrected chi connectivity index (χ3v) is 2.98. The largest absolute Gasteiger partial charge is 0.465 e. The summed E-state index contributed by atoms with van der Waals surface area (Å²) in [4.78, 5) is 11.5. The molecule has 0 aliphatic rings. The maximum Gasteiger partial charge on any atom is 0.340 e. The molecule has 0 heterocycles. The highest BCUT2D eigenvalue weighted by Crippen LogP contribution is 2.35. The smallest absolute Gasteiger partial charge is 0.340 e. The van der Waals surface area contributed by atoms with Crippen LogP contribution in [0.25, 0.3) is 0 Å². The highest BCUT2D eigenvalue weighted by Gasteiger charge is 2.35. The van der Waals surface area contributed by atoms with Gasteiger partial charge in [0.25, 0.3) is 6.08 Å². The van der Waals surface area contributed by atoms with Crippen LogP contribution in [0.15, 0.2) is 35.9 Å². The van der Waals surface area contributed by atoms with Crippen LogP contribution in [0, 0.1) is 6.92 Å². The van der Waals surface area contributed by atoms with E-state index in [0.717, 1.165) is 12.7 Å². The molecule has 0 N–H and O–H groups in total. The average molecular weight is 254 g/mol. The fraction of sp³-hybridized carbons (Fsp3) is 0.357. The van der Waals surface area contributed by atoms with Crippen molar-refractivity contribution in [3.63, 3.8) is 0 Å². The molecule has 0 unspecified atom stereocenters. The van der Waals surface area contributed by atoms with Gasteiger partial charge in [-0.1, -0.05) is 43.7 Å². The van der Waals surface area contributed by atoms with Crippen molar-refractivity contribution in [1.82, 2.24) is 0 Å². The number of carbonyl (C=O) groups is 1. The van der Waals surface area contributed by atoms with Crippen LogP contribution < -0.4 is 0 Å². The van der Waals surface area contributed by atoms with Gasteiger partial charge in [0.15, 0.2) is 0 Å². The number of rotatable bonds is 3. The van der Waals surface area contributed by atoms with E-state index in [0.29, 0.717) is 5.56 Å². The van der Waals surface area contributed by atoms with Crippen LogP contribution in [0.1, 0.15) is 25.0 Å². The van der Waals surface area contributed by atoms with Crippen LogP contribution in [0.3, 0.4) is 0 Å². The summed E-state index contributed by atoms with van der Waals surface area (Å²) in [6.45, 7) is 5.05. The van der Waals surface area contributed by atoms with Gasteiger partial charge in [0, 0.05) is 5.41 Å². The molecule has 1 rings (SSSR count). The van der Waals surface area contributed by atoms with Crippen LogP contribution in [0.4, 0.5) is 8.78 Å². The lowest BCUT2D eigenvalue weighted by molar-refractivity contribution is -0.137. The molecular weight excluding hydrogens is 238 g/mol. The lowest BCUT2D eigenvalue weighted by Crippen LogP contribution is -2.27. The zero-order valence-corrected chi connectivity index (χ0v) is 10.9. The topological polar surface area (TPSA) is 26.3 Å². The standard InChI is InChI=1S/C14H16F2O2/c1-9-5-7-10(8-6-9)14(2,3)11(12(15)16)13(17)18-4/h5-8H,1-4H3. The average Bonchev–Trinajstić information content (AvgIpc) is 2.28. The van der Waals surface area contributed by atoms with E-state index in [1.807, 2.05) is 19.1 Å². The van der Waals surface area contributed by atoms with Gasteiger partial charge >= 0.3 is 5.97 Å². The molecule has 0 aromatic heterocycles. The molecule has 18 heavy (non-hydrogen) atoms. The molecule has 4 heteroatoms. The van der Waals surface area contributed by atoms with Gasteiger partial charge in [-0.2, -0.15) is 8.78 Å². The van der Waals surface area contributed by atoms with Crippen LogP contribution >= 0.6 is 0 Å². The Morgan fingerprint density at radius 1 is 1.17 bits per heavy atom. The highest BCUT2D eigenvalue weighted by atomic mass is 19.3. The molecule has 0 bridgehead atoms. The number of benzene rings is 1. The second-order valence-electron chi connectivity index (χ2n) is 4.62. The SMILES string of the molecule is COC(=O)C(=C(F)F)C(C)(C)c1ccc(C)cc1. The lowest BCUT2D eigenvalue weighted by atomic mass is 9.78. The Morgan fingerprint density at radius 2 is 1.67 bits per heavy atom. The Hall–Kier alpha value is -1.71. The molecule has 1 aromatic carbocycles. The van der Waals surface area contributed by atoms with E-state index in [2.05, 4.69) is 4.74 Å². The van der Waals surface area contributed by atoms with Crippen molar-refractivity contribution in [3.8, 4) is 0 Å². The first-order valence-corrected chi connectivity index (χ1v) is 5.52. The molecule has 0 fully saturated rings. The number of halogens is 2. The Kier molecular flexibility index (Phi) is 4.22. The molecule has 0 aliphatic heterocycles. The molecule has 98 valence electrons. The Labute approximate surface area is 105 Å². The monoisotopic (exact) mass is 254 g/mol. The maximum absolute atomic E-state index is 13.0. The zero-order valence-electron chi connectivity index (χ0n) is 10.9. The summed E-state index contributed by atoms with van der Waals surface area (Å²) in [5.74, 6) is -0.999. The Morgan fingerprint density at radius 3 is 2.06 bits per heavy atom. The second-order valence-corrected chi connectivity index (χ2v) is 4.62. The van der Waals surface area contributed by atoms with Crippen molar-refractivity contribution >= 4 is 5.97 Å². The van der Waals surface area contributed by atoms with Crippen molar-refractivity contribution in [3.05, 3.63) is 47.0 Å².